The number of aryl methyl sites for hydroxylation is 2. The van der Waals surface area contributed by atoms with Crippen LogP contribution in [0, 0.1) is 0 Å². The Kier molecular flexibility index (Phi) is 6.24. The van der Waals surface area contributed by atoms with Gasteiger partial charge in [-0.3, -0.25) is 4.79 Å². The van der Waals surface area contributed by atoms with Crippen molar-refractivity contribution in [1.82, 2.24) is 24.6 Å². The Balaban J connectivity index is 1.17. The van der Waals surface area contributed by atoms with Crippen molar-refractivity contribution in [3.05, 3.63) is 84.3 Å². The number of amides is 1. The number of carbonyl (C=O) groups is 1. The van der Waals surface area contributed by atoms with Crippen LogP contribution in [0.1, 0.15) is 24.7 Å². The highest BCUT2D eigenvalue weighted by atomic mass is 32.2. The van der Waals surface area contributed by atoms with Gasteiger partial charge in [0.1, 0.15) is 0 Å². The van der Waals surface area contributed by atoms with Crippen molar-refractivity contribution in [3.8, 4) is 11.5 Å². The third-order valence-electron chi connectivity index (χ3n) is 7.04. The Morgan fingerprint density at radius 3 is 2.75 bits per heavy atom. The van der Waals surface area contributed by atoms with Crippen molar-refractivity contribution in [2.45, 2.75) is 36.6 Å². The number of fused-ring (bicyclic) bond motifs is 5. The number of anilines is 1. The van der Waals surface area contributed by atoms with Gasteiger partial charge in [-0.05, 0) is 48.7 Å². The van der Waals surface area contributed by atoms with Crippen molar-refractivity contribution in [2.75, 3.05) is 12.1 Å². The Bertz CT molecular complexity index is 1880. The number of aromatic nitrogens is 5. The highest BCUT2D eigenvalue weighted by molar-refractivity contribution is 8.00. The Hall–Kier alpha value is -4.57. The number of para-hydroxylation sites is 2. The van der Waals surface area contributed by atoms with Crippen LogP contribution in [-0.2, 0) is 17.6 Å². The molecular formula is C30H26N6O3S. The molecular weight excluding hydrogens is 524 g/mol. The van der Waals surface area contributed by atoms with Gasteiger partial charge in [-0.25, -0.2) is 9.97 Å². The summed E-state index contributed by atoms with van der Waals surface area (Å²) in [7, 11) is 0. The lowest BCUT2D eigenvalue weighted by atomic mass is 10.1. The third-order valence-corrected chi connectivity index (χ3v) is 8.34. The summed E-state index contributed by atoms with van der Waals surface area (Å²) in [6.07, 6.45) is 4.16. The van der Waals surface area contributed by atoms with E-state index in [1.54, 1.807) is 16.6 Å². The van der Waals surface area contributed by atoms with Gasteiger partial charge in [0, 0.05) is 40.7 Å². The first-order valence-electron chi connectivity index (χ1n) is 13.2. The standard InChI is InChI=1S/C30H26N6O3S/c1-2-26(29(37)32-19-12-13-24-25(15-19)39-17-38-24)40-30-33-23-10-6-4-8-21(23)28-34-27(35-36(28)30)14-11-18-16-31-22-9-5-3-7-20(18)22/h3-10,12-13,15-16,26,31H,2,11,14,17H2,1H3,(H,32,37). The molecule has 10 heteroatoms. The SMILES string of the molecule is CCC(Sc1nc2ccccc2c2nc(CCc3c[nH]c4ccccc34)nn12)C(=O)Nc1ccc2c(c1)OCO2. The van der Waals surface area contributed by atoms with Crippen molar-refractivity contribution in [1.29, 1.82) is 0 Å². The summed E-state index contributed by atoms with van der Waals surface area (Å²) in [6.45, 7) is 2.18. The second kappa shape index (κ2) is 10.2. The van der Waals surface area contributed by atoms with E-state index in [0.717, 1.165) is 34.3 Å². The van der Waals surface area contributed by atoms with E-state index in [0.29, 0.717) is 35.2 Å². The summed E-state index contributed by atoms with van der Waals surface area (Å²) in [5.41, 5.74) is 4.58. The quantitative estimate of drug-likeness (QED) is 0.183. The first-order valence-corrected chi connectivity index (χ1v) is 14.1. The van der Waals surface area contributed by atoms with Crippen LogP contribution in [0.25, 0.3) is 27.5 Å². The average Bonchev–Trinajstić information content (AvgIpc) is 3.73. The molecule has 6 aromatic rings. The molecule has 1 unspecified atom stereocenters. The number of aromatic amines is 1. The van der Waals surface area contributed by atoms with Crippen LogP contribution in [-0.4, -0.2) is 42.5 Å². The van der Waals surface area contributed by atoms with Crippen LogP contribution >= 0.6 is 11.8 Å². The van der Waals surface area contributed by atoms with Gasteiger partial charge in [-0.15, -0.1) is 5.10 Å². The predicted octanol–water partition coefficient (Wildman–Crippen LogP) is 5.78. The number of nitrogens with zero attached hydrogens (tertiary/aromatic N) is 4. The maximum Gasteiger partial charge on any atom is 0.237 e. The van der Waals surface area contributed by atoms with Crippen molar-refractivity contribution < 1.29 is 14.3 Å². The van der Waals surface area contributed by atoms with E-state index in [1.165, 1.54) is 22.7 Å². The van der Waals surface area contributed by atoms with Gasteiger partial charge in [0.25, 0.3) is 0 Å². The minimum absolute atomic E-state index is 0.117. The number of carbonyl (C=O) groups excluding carboxylic acids is 1. The number of ether oxygens (including phenoxy) is 2. The van der Waals surface area contributed by atoms with Crippen LogP contribution in [0.15, 0.2) is 78.1 Å². The highest BCUT2D eigenvalue weighted by Gasteiger charge is 2.23. The lowest BCUT2D eigenvalue weighted by molar-refractivity contribution is -0.115. The molecule has 1 atom stereocenters. The fourth-order valence-corrected chi connectivity index (χ4v) is 5.95. The van der Waals surface area contributed by atoms with E-state index >= 15 is 0 Å². The number of rotatable bonds is 8. The van der Waals surface area contributed by atoms with E-state index < -0.39 is 0 Å². The van der Waals surface area contributed by atoms with Gasteiger partial charge >= 0.3 is 0 Å². The molecule has 0 saturated heterocycles. The van der Waals surface area contributed by atoms with E-state index in [1.807, 2.05) is 43.3 Å². The topological polar surface area (TPSA) is 106 Å². The molecule has 0 radical (unpaired) electrons. The lowest BCUT2D eigenvalue weighted by Crippen LogP contribution is -2.25. The molecule has 0 fully saturated rings. The summed E-state index contributed by atoms with van der Waals surface area (Å²) < 4.78 is 12.6. The van der Waals surface area contributed by atoms with Crippen molar-refractivity contribution in [2.24, 2.45) is 0 Å². The zero-order valence-corrected chi connectivity index (χ0v) is 22.6. The van der Waals surface area contributed by atoms with Crippen LogP contribution in [0.3, 0.4) is 0 Å². The summed E-state index contributed by atoms with van der Waals surface area (Å²) >= 11 is 1.39. The summed E-state index contributed by atoms with van der Waals surface area (Å²) in [6, 6.07) is 21.6. The molecule has 7 rings (SSSR count). The normalized spacial score (nSPS) is 13.3. The number of nitrogens with one attached hydrogen (secondary N) is 2. The minimum Gasteiger partial charge on any atom is -0.454 e. The second-order valence-electron chi connectivity index (χ2n) is 9.61. The molecule has 200 valence electrons. The molecule has 0 saturated carbocycles. The monoisotopic (exact) mass is 550 g/mol. The van der Waals surface area contributed by atoms with E-state index in [9.17, 15) is 4.79 Å². The van der Waals surface area contributed by atoms with E-state index in [-0.39, 0.29) is 18.0 Å². The summed E-state index contributed by atoms with van der Waals surface area (Å²) in [5, 5.41) is 10.3. The third kappa shape index (κ3) is 4.50. The Morgan fingerprint density at radius 2 is 1.85 bits per heavy atom. The first kappa shape index (κ1) is 24.5. The fraction of sp³-hybridized carbons (Fsp3) is 0.200. The number of thioether (sulfide) groups is 1. The first-order chi connectivity index (χ1) is 19.7. The van der Waals surface area contributed by atoms with Crippen LogP contribution in [0.2, 0.25) is 0 Å². The van der Waals surface area contributed by atoms with Crippen molar-refractivity contribution in [3.63, 3.8) is 0 Å². The Labute approximate surface area is 233 Å². The van der Waals surface area contributed by atoms with Gasteiger partial charge < -0.3 is 19.8 Å². The maximum absolute atomic E-state index is 13.3. The van der Waals surface area contributed by atoms with E-state index in [4.69, 9.17) is 24.5 Å². The molecule has 1 aliphatic heterocycles. The second-order valence-corrected chi connectivity index (χ2v) is 10.8. The number of hydrogen-bond donors (Lipinski definition) is 2. The van der Waals surface area contributed by atoms with Gasteiger partial charge in [-0.2, -0.15) is 4.52 Å². The number of hydrogen-bond acceptors (Lipinski definition) is 7. The average molecular weight is 551 g/mol. The molecule has 9 nitrogen and oxygen atoms in total. The molecule has 4 heterocycles. The highest BCUT2D eigenvalue weighted by Crippen LogP contribution is 2.35. The molecule has 0 bridgehead atoms. The maximum atomic E-state index is 13.3. The molecule has 3 aromatic carbocycles. The van der Waals surface area contributed by atoms with E-state index in [2.05, 4.69) is 34.7 Å². The zero-order chi connectivity index (χ0) is 27.1. The van der Waals surface area contributed by atoms with Gasteiger partial charge in [0.15, 0.2) is 28.1 Å². The fourth-order valence-electron chi connectivity index (χ4n) is 4.99. The minimum atomic E-state index is -0.388. The molecule has 0 aliphatic carbocycles. The number of benzene rings is 3. The van der Waals surface area contributed by atoms with Crippen LogP contribution < -0.4 is 14.8 Å². The van der Waals surface area contributed by atoms with Crippen LogP contribution in [0.4, 0.5) is 5.69 Å². The van der Waals surface area contributed by atoms with Gasteiger partial charge in [-0.1, -0.05) is 49.0 Å². The smallest absolute Gasteiger partial charge is 0.237 e. The number of H-pyrrole nitrogens is 1. The molecule has 40 heavy (non-hydrogen) atoms. The predicted molar refractivity (Wildman–Crippen MR) is 155 cm³/mol. The molecule has 2 N–H and O–H groups in total. The molecule has 0 spiro atoms. The van der Waals surface area contributed by atoms with Crippen LogP contribution in [0.5, 0.6) is 11.5 Å². The summed E-state index contributed by atoms with van der Waals surface area (Å²) in [4.78, 5) is 26.5. The molecule has 1 aliphatic rings. The largest absolute Gasteiger partial charge is 0.454 e. The van der Waals surface area contributed by atoms with Gasteiger partial charge in [0.05, 0.1) is 10.8 Å². The molecule has 1 amide bonds. The Morgan fingerprint density at radius 1 is 1.02 bits per heavy atom. The lowest BCUT2D eigenvalue weighted by Gasteiger charge is -2.15. The summed E-state index contributed by atoms with van der Waals surface area (Å²) in [5.74, 6) is 1.92. The van der Waals surface area contributed by atoms with Gasteiger partial charge in [0.2, 0.25) is 12.7 Å². The molecule has 3 aromatic heterocycles. The van der Waals surface area contributed by atoms with Crippen molar-refractivity contribution >= 4 is 50.8 Å². The zero-order valence-electron chi connectivity index (χ0n) is 21.8.